The fourth-order valence-electron chi connectivity index (χ4n) is 4.03. The number of carbonyl (C=O) groups excluding carboxylic acids is 2. The molecule has 0 aliphatic carbocycles. The Kier molecular flexibility index (Phi) is 7.22. The summed E-state index contributed by atoms with van der Waals surface area (Å²) in [6.45, 7) is 4.42. The lowest BCUT2D eigenvalue weighted by atomic mass is 9.94. The van der Waals surface area contributed by atoms with E-state index in [0.29, 0.717) is 25.9 Å². The molecule has 0 aromatic carbocycles. The Labute approximate surface area is 151 Å². The first-order valence-electron chi connectivity index (χ1n) is 9.46. The van der Waals surface area contributed by atoms with Crippen LogP contribution >= 0.6 is 0 Å². The number of amides is 2. The topological polar surface area (TPSA) is 90.1 Å². The highest BCUT2D eigenvalue weighted by Crippen LogP contribution is 2.23. The molecule has 2 amide bonds. The van der Waals surface area contributed by atoms with Crippen molar-refractivity contribution in [2.75, 3.05) is 53.4 Å². The molecule has 0 radical (unpaired) electrons. The van der Waals surface area contributed by atoms with Gasteiger partial charge in [-0.2, -0.15) is 0 Å². The van der Waals surface area contributed by atoms with Crippen molar-refractivity contribution < 1.29 is 14.7 Å². The maximum atomic E-state index is 12.5. The molecule has 1 atom stereocenters. The van der Waals surface area contributed by atoms with Gasteiger partial charge in [0.05, 0.1) is 5.60 Å². The number of primary amides is 1. The monoisotopic (exact) mass is 354 g/mol. The van der Waals surface area contributed by atoms with Gasteiger partial charge in [-0.05, 0) is 59.3 Å². The summed E-state index contributed by atoms with van der Waals surface area (Å²) in [5.74, 6) is -0.0384. The van der Waals surface area contributed by atoms with Crippen LogP contribution in [-0.4, -0.2) is 90.6 Å². The third kappa shape index (κ3) is 6.24. The molecular formula is C18H34N4O3. The molecule has 2 aliphatic rings. The molecule has 144 valence electrons. The van der Waals surface area contributed by atoms with E-state index in [9.17, 15) is 14.7 Å². The van der Waals surface area contributed by atoms with Crippen LogP contribution in [0.5, 0.6) is 0 Å². The van der Waals surface area contributed by atoms with Crippen LogP contribution in [0.25, 0.3) is 0 Å². The van der Waals surface area contributed by atoms with Gasteiger partial charge in [-0.3, -0.25) is 9.59 Å². The van der Waals surface area contributed by atoms with Gasteiger partial charge in [-0.25, -0.2) is 0 Å². The third-order valence-electron chi connectivity index (χ3n) is 5.51. The highest BCUT2D eigenvalue weighted by Gasteiger charge is 2.32. The summed E-state index contributed by atoms with van der Waals surface area (Å²) in [6.07, 6.45) is 4.33. The van der Waals surface area contributed by atoms with E-state index in [1.54, 1.807) is 0 Å². The smallest absolute Gasteiger partial charge is 0.223 e. The standard InChI is InChI=1S/C18H34N4O3/c1-20(2)14-18(25)7-3-9-22(13-8-18)16(23)6-12-21-10-4-15(5-11-21)17(19)24/h15,25H,3-14H2,1-2H3,(H2,19,24)/t18-/m0/s1. The second kappa shape index (κ2) is 8.96. The first-order chi connectivity index (χ1) is 11.8. The normalized spacial score (nSPS) is 26.6. The summed E-state index contributed by atoms with van der Waals surface area (Å²) in [4.78, 5) is 29.9. The van der Waals surface area contributed by atoms with Crippen LogP contribution in [-0.2, 0) is 9.59 Å². The van der Waals surface area contributed by atoms with Crippen molar-refractivity contribution in [2.24, 2.45) is 11.7 Å². The van der Waals surface area contributed by atoms with Crippen molar-refractivity contribution in [1.82, 2.24) is 14.7 Å². The SMILES string of the molecule is CN(C)C[C@]1(O)CCCN(C(=O)CCN2CCC(C(N)=O)CC2)CC1. The minimum atomic E-state index is -0.685. The molecule has 2 heterocycles. The van der Waals surface area contributed by atoms with Crippen molar-refractivity contribution in [3.8, 4) is 0 Å². The highest BCUT2D eigenvalue weighted by molar-refractivity contribution is 5.77. The maximum absolute atomic E-state index is 12.5. The predicted molar refractivity (Wildman–Crippen MR) is 96.9 cm³/mol. The Morgan fingerprint density at radius 3 is 2.44 bits per heavy atom. The molecular weight excluding hydrogens is 320 g/mol. The van der Waals surface area contributed by atoms with Crippen molar-refractivity contribution >= 4 is 11.8 Å². The molecule has 0 spiro atoms. The minimum absolute atomic E-state index is 0.00747. The molecule has 0 aromatic rings. The van der Waals surface area contributed by atoms with Crippen LogP contribution in [0.3, 0.4) is 0 Å². The molecule has 0 bridgehead atoms. The van der Waals surface area contributed by atoms with Crippen LogP contribution in [0.15, 0.2) is 0 Å². The Morgan fingerprint density at radius 1 is 1.16 bits per heavy atom. The van der Waals surface area contributed by atoms with Gasteiger partial charge in [-0.1, -0.05) is 0 Å². The minimum Gasteiger partial charge on any atom is -0.388 e. The average molecular weight is 354 g/mol. The van der Waals surface area contributed by atoms with Gasteiger partial charge in [0.25, 0.3) is 0 Å². The van der Waals surface area contributed by atoms with Crippen LogP contribution in [0, 0.1) is 5.92 Å². The zero-order valence-electron chi connectivity index (χ0n) is 15.7. The van der Waals surface area contributed by atoms with Crippen LogP contribution in [0.2, 0.25) is 0 Å². The van der Waals surface area contributed by atoms with E-state index in [4.69, 9.17) is 5.73 Å². The lowest BCUT2D eigenvalue weighted by molar-refractivity contribution is -0.132. The lowest BCUT2D eigenvalue weighted by Gasteiger charge is -2.31. The predicted octanol–water partition coefficient (Wildman–Crippen LogP) is -0.121. The van der Waals surface area contributed by atoms with Crippen molar-refractivity contribution in [1.29, 1.82) is 0 Å². The summed E-state index contributed by atoms with van der Waals surface area (Å²) >= 11 is 0. The number of likely N-dealkylation sites (tertiary alicyclic amines) is 2. The Morgan fingerprint density at radius 2 is 1.84 bits per heavy atom. The number of rotatable bonds is 6. The average Bonchev–Trinajstić information content (AvgIpc) is 2.74. The molecule has 2 saturated heterocycles. The Bertz CT molecular complexity index is 463. The van der Waals surface area contributed by atoms with Gasteiger partial charge in [0.15, 0.2) is 0 Å². The van der Waals surface area contributed by atoms with E-state index < -0.39 is 5.60 Å². The van der Waals surface area contributed by atoms with E-state index in [1.807, 2.05) is 23.9 Å². The van der Waals surface area contributed by atoms with E-state index in [0.717, 1.165) is 51.9 Å². The molecule has 2 aliphatic heterocycles. The number of likely N-dealkylation sites (N-methyl/N-ethyl adjacent to an activating group) is 1. The number of carbonyl (C=O) groups is 2. The summed E-state index contributed by atoms with van der Waals surface area (Å²) in [5.41, 5.74) is 4.67. The molecule has 7 heteroatoms. The molecule has 2 rings (SSSR count). The van der Waals surface area contributed by atoms with E-state index >= 15 is 0 Å². The summed E-state index contributed by atoms with van der Waals surface area (Å²) in [5, 5.41) is 10.7. The molecule has 25 heavy (non-hydrogen) atoms. The number of nitrogens with zero attached hydrogens (tertiary/aromatic N) is 3. The van der Waals surface area contributed by atoms with E-state index in [1.165, 1.54) is 0 Å². The molecule has 0 aromatic heterocycles. The van der Waals surface area contributed by atoms with Gasteiger partial charge in [-0.15, -0.1) is 0 Å². The zero-order valence-corrected chi connectivity index (χ0v) is 15.7. The van der Waals surface area contributed by atoms with Gasteiger partial charge in [0.2, 0.25) is 11.8 Å². The quantitative estimate of drug-likeness (QED) is 0.694. The third-order valence-corrected chi connectivity index (χ3v) is 5.51. The highest BCUT2D eigenvalue weighted by atomic mass is 16.3. The molecule has 0 saturated carbocycles. The van der Waals surface area contributed by atoms with Gasteiger partial charge in [0.1, 0.15) is 0 Å². The van der Waals surface area contributed by atoms with Crippen molar-refractivity contribution in [2.45, 2.75) is 44.1 Å². The second-order valence-electron chi connectivity index (χ2n) is 7.96. The van der Waals surface area contributed by atoms with Crippen LogP contribution in [0.1, 0.15) is 38.5 Å². The molecule has 0 unspecified atom stereocenters. The van der Waals surface area contributed by atoms with E-state index in [-0.39, 0.29) is 17.7 Å². The maximum Gasteiger partial charge on any atom is 0.223 e. The van der Waals surface area contributed by atoms with E-state index in [2.05, 4.69) is 4.90 Å². The molecule has 7 nitrogen and oxygen atoms in total. The lowest BCUT2D eigenvalue weighted by Crippen LogP contribution is -2.42. The first kappa shape index (κ1) is 20.1. The fraction of sp³-hybridized carbons (Fsp3) is 0.889. The van der Waals surface area contributed by atoms with Crippen LogP contribution in [0.4, 0.5) is 0 Å². The number of hydrogen-bond acceptors (Lipinski definition) is 5. The fourth-order valence-corrected chi connectivity index (χ4v) is 4.03. The Hall–Kier alpha value is -1.18. The van der Waals surface area contributed by atoms with Gasteiger partial charge >= 0.3 is 0 Å². The second-order valence-corrected chi connectivity index (χ2v) is 7.96. The van der Waals surface area contributed by atoms with Crippen molar-refractivity contribution in [3.63, 3.8) is 0 Å². The number of hydrogen-bond donors (Lipinski definition) is 2. The first-order valence-corrected chi connectivity index (χ1v) is 9.46. The van der Waals surface area contributed by atoms with Gasteiger partial charge in [0, 0.05) is 38.5 Å². The number of aliphatic hydroxyl groups is 1. The number of nitrogens with two attached hydrogens (primary N) is 1. The Balaban J connectivity index is 1.73. The molecule has 2 fully saturated rings. The largest absolute Gasteiger partial charge is 0.388 e. The summed E-state index contributed by atoms with van der Waals surface area (Å²) in [7, 11) is 3.93. The summed E-state index contributed by atoms with van der Waals surface area (Å²) in [6, 6.07) is 0. The van der Waals surface area contributed by atoms with Crippen molar-refractivity contribution in [3.05, 3.63) is 0 Å². The zero-order chi connectivity index (χ0) is 18.4. The van der Waals surface area contributed by atoms with Crippen LogP contribution < -0.4 is 5.73 Å². The van der Waals surface area contributed by atoms with Gasteiger partial charge < -0.3 is 25.5 Å². The number of piperidine rings is 1. The summed E-state index contributed by atoms with van der Waals surface area (Å²) < 4.78 is 0. The molecule has 3 N–H and O–H groups in total.